The molecule has 2 aromatic rings. The van der Waals surface area contributed by atoms with E-state index < -0.39 is 12.1 Å². The van der Waals surface area contributed by atoms with Crippen LogP contribution in [0.25, 0.3) is 0 Å². The number of hydrogen-bond donors (Lipinski definition) is 2. The maximum Gasteiger partial charge on any atom is 0.393 e. The van der Waals surface area contributed by atoms with Crippen LogP contribution in [0, 0.1) is 23.1 Å². The lowest BCUT2D eigenvalue weighted by Crippen LogP contribution is -2.50. The number of nitrogens with one attached hydrogen (secondary N) is 2. The van der Waals surface area contributed by atoms with Gasteiger partial charge in [-0.15, -0.1) is 0 Å². The van der Waals surface area contributed by atoms with Crippen LogP contribution >= 0.6 is 0 Å². The largest absolute Gasteiger partial charge is 0.393 e. The Morgan fingerprint density at radius 2 is 1.74 bits per heavy atom. The summed E-state index contributed by atoms with van der Waals surface area (Å²) in [5.74, 6) is -1.14. The maximum absolute atomic E-state index is 13.5. The van der Waals surface area contributed by atoms with Gasteiger partial charge in [0.05, 0.1) is 17.2 Å². The van der Waals surface area contributed by atoms with Gasteiger partial charge in [0.15, 0.2) is 6.29 Å². The molecule has 1 unspecified atom stereocenters. The van der Waals surface area contributed by atoms with E-state index in [1.165, 1.54) is 12.1 Å². The summed E-state index contributed by atoms with van der Waals surface area (Å²) in [6.45, 7) is 1.97. The van der Waals surface area contributed by atoms with Crippen molar-refractivity contribution in [3.63, 3.8) is 0 Å². The zero-order valence-electron chi connectivity index (χ0n) is 21.2. The second-order valence-corrected chi connectivity index (χ2v) is 10.7. The molecule has 2 aliphatic heterocycles. The molecule has 5 rings (SSSR count). The topological polar surface area (TPSA) is 72.3 Å². The number of piperidine rings is 2. The number of likely N-dealkylation sites (tertiary alicyclic amines) is 1. The number of carbonyl (C=O) groups is 1. The van der Waals surface area contributed by atoms with Crippen molar-refractivity contribution in [3.05, 3.63) is 47.4 Å². The molecule has 1 aromatic heterocycles. The number of aromatic nitrogens is 1. The molecule has 38 heavy (non-hydrogen) atoms. The number of rotatable bonds is 7. The lowest BCUT2D eigenvalue weighted by Gasteiger charge is -2.43. The number of nitrogens with zero attached hydrogens (tertiary/aromatic N) is 3. The molecule has 3 fully saturated rings. The molecule has 1 saturated carbocycles. The Morgan fingerprint density at radius 3 is 2.34 bits per heavy atom. The van der Waals surface area contributed by atoms with Crippen LogP contribution in [0.3, 0.4) is 0 Å². The second-order valence-electron chi connectivity index (χ2n) is 10.7. The number of pyridine rings is 1. The monoisotopic (exact) mass is 531 g/mol. The lowest BCUT2D eigenvalue weighted by molar-refractivity contribution is -0.188. The lowest BCUT2D eigenvalue weighted by atomic mass is 9.79. The Morgan fingerprint density at radius 1 is 1.03 bits per heavy atom. The van der Waals surface area contributed by atoms with E-state index in [4.69, 9.17) is 5.41 Å². The van der Waals surface area contributed by atoms with E-state index in [-0.39, 0.29) is 36.4 Å². The fourth-order valence-corrected chi connectivity index (χ4v) is 5.86. The number of aldehydes is 1. The van der Waals surface area contributed by atoms with Gasteiger partial charge in [-0.3, -0.25) is 9.69 Å². The highest BCUT2D eigenvalue weighted by Crippen LogP contribution is 2.39. The summed E-state index contributed by atoms with van der Waals surface area (Å²) in [4.78, 5) is 20.5. The van der Waals surface area contributed by atoms with Gasteiger partial charge in [0.2, 0.25) is 0 Å². The van der Waals surface area contributed by atoms with Crippen LogP contribution in [-0.4, -0.2) is 60.3 Å². The first-order chi connectivity index (χ1) is 18.2. The Bertz CT molecular complexity index is 1160. The summed E-state index contributed by atoms with van der Waals surface area (Å²) in [7, 11) is 0. The fraction of sp³-hybridized carbons (Fsp3) is 0.536. The molecule has 0 bridgehead atoms. The predicted octanol–water partition coefficient (Wildman–Crippen LogP) is 6.19. The van der Waals surface area contributed by atoms with E-state index in [0.29, 0.717) is 68.0 Å². The van der Waals surface area contributed by atoms with E-state index >= 15 is 0 Å². The van der Waals surface area contributed by atoms with Gasteiger partial charge in [0.1, 0.15) is 17.3 Å². The highest BCUT2D eigenvalue weighted by atomic mass is 19.4. The first-order valence-corrected chi connectivity index (χ1v) is 13.4. The fourth-order valence-electron chi connectivity index (χ4n) is 5.86. The predicted molar refractivity (Wildman–Crippen MR) is 139 cm³/mol. The number of benzene rings is 1. The summed E-state index contributed by atoms with van der Waals surface area (Å²) < 4.78 is 53.5. The minimum atomic E-state index is -4.16. The van der Waals surface area contributed by atoms with Crippen LogP contribution in [0.1, 0.15) is 61.0 Å². The van der Waals surface area contributed by atoms with Crippen LogP contribution in [0.4, 0.5) is 34.8 Å². The first-order valence-electron chi connectivity index (χ1n) is 13.4. The Kier molecular flexibility index (Phi) is 7.70. The molecule has 1 aromatic carbocycles. The van der Waals surface area contributed by atoms with E-state index in [1.807, 2.05) is 4.90 Å². The molecular weight excluding hydrogens is 498 g/mol. The van der Waals surface area contributed by atoms with E-state index in [0.717, 1.165) is 24.9 Å². The van der Waals surface area contributed by atoms with Crippen LogP contribution in [-0.2, 0) is 0 Å². The minimum absolute atomic E-state index is 0.0576. The van der Waals surface area contributed by atoms with Crippen molar-refractivity contribution < 1.29 is 22.4 Å². The third kappa shape index (κ3) is 5.70. The summed E-state index contributed by atoms with van der Waals surface area (Å²) in [6, 6.07) is 7.62. The number of hydrogen-bond acceptors (Lipinski definition) is 6. The van der Waals surface area contributed by atoms with Gasteiger partial charge >= 0.3 is 6.18 Å². The van der Waals surface area contributed by atoms with Gasteiger partial charge in [-0.1, -0.05) is 6.42 Å². The highest BCUT2D eigenvalue weighted by molar-refractivity contribution is 6.10. The molecule has 3 heterocycles. The average Bonchev–Trinajstić information content (AvgIpc) is 2.88. The molecule has 0 spiro atoms. The third-order valence-electron chi connectivity index (χ3n) is 8.27. The minimum Gasteiger partial charge on any atom is -0.371 e. The van der Waals surface area contributed by atoms with Gasteiger partial charge in [-0.25, -0.2) is 9.37 Å². The van der Waals surface area contributed by atoms with E-state index in [2.05, 4.69) is 15.2 Å². The van der Waals surface area contributed by atoms with Crippen molar-refractivity contribution in [2.45, 2.75) is 57.2 Å². The van der Waals surface area contributed by atoms with Gasteiger partial charge in [-0.05, 0) is 75.4 Å². The summed E-state index contributed by atoms with van der Waals surface area (Å²) in [5.41, 5.74) is 2.67. The molecule has 0 radical (unpaired) electrons. The number of anilines is 3. The molecule has 3 aliphatic rings. The van der Waals surface area contributed by atoms with Crippen molar-refractivity contribution in [1.29, 1.82) is 5.41 Å². The number of alkyl halides is 3. The average molecular weight is 532 g/mol. The molecule has 10 heteroatoms. The Balaban J connectivity index is 1.40. The molecule has 1 aliphatic carbocycles. The molecule has 204 valence electrons. The van der Waals surface area contributed by atoms with Crippen LogP contribution < -0.4 is 10.2 Å². The van der Waals surface area contributed by atoms with Gasteiger partial charge in [-0.2, -0.15) is 13.2 Å². The molecular formula is C28H33F4N5O. The van der Waals surface area contributed by atoms with Crippen LogP contribution in [0.5, 0.6) is 0 Å². The van der Waals surface area contributed by atoms with Crippen molar-refractivity contribution in [3.8, 4) is 0 Å². The Labute approximate surface area is 219 Å². The third-order valence-corrected chi connectivity index (χ3v) is 8.27. The van der Waals surface area contributed by atoms with E-state index in [1.54, 1.807) is 18.2 Å². The maximum atomic E-state index is 13.5. The van der Waals surface area contributed by atoms with Crippen molar-refractivity contribution in [1.82, 2.24) is 9.88 Å². The smallest absolute Gasteiger partial charge is 0.371 e. The highest BCUT2D eigenvalue weighted by Gasteiger charge is 2.43. The summed E-state index contributed by atoms with van der Waals surface area (Å²) in [5, 5.41) is 12.2. The molecule has 2 N–H and O–H groups in total. The molecule has 6 nitrogen and oxygen atoms in total. The summed E-state index contributed by atoms with van der Waals surface area (Å²) >= 11 is 0. The zero-order chi connectivity index (χ0) is 26.9. The van der Waals surface area contributed by atoms with Crippen molar-refractivity contribution >= 4 is 29.2 Å². The van der Waals surface area contributed by atoms with Crippen LogP contribution in [0.2, 0.25) is 0 Å². The molecule has 0 amide bonds. The quantitative estimate of drug-likeness (QED) is 0.253. The van der Waals surface area contributed by atoms with Gasteiger partial charge < -0.3 is 15.6 Å². The zero-order valence-corrected chi connectivity index (χ0v) is 21.2. The first kappa shape index (κ1) is 26.6. The Hall–Kier alpha value is -3.01. The number of halogens is 4. The normalized spacial score (nSPS) is 21.7. The van der Waals surface area contributed by atoms with Crippen molar-refractivity contribution in [2.75, 3.05) is 36.4 Å². The number of carbonyl (C=O) groups excluding carboxylic acids is 1. The molecule has 2 saturated heterocycles. The van der Waals surface area contributed by atoms with Gasteiger partial charge in [0, 0.05) is 43.0 Å². The van der Waals surface area contributed by atoms with Gasteiger partial charge in [0.25, 0.3) is 0 Å². The van der Waals surface area contributed by atoms with Crippen LogP contribution in [0.15, 0.2) is 30.3 Å². The molecule has 1 atom stereocenters. The summed E-state index contributed by atoms with van der Waals surface area (Å²) in [6.07, 6.45) is 1.57. The SMILES string of the molecule is N=C(c1c(N2CCC(N3CCCC(C(F)(F)F)C3)CC2)cc(C=O)nc1Nc1ccc(F)cc1)C1CCC1. The van der Waals surface area contributed by atoms with Crippen molar-refractivity contribution in [2.24, 2.45) is 11.8 Å². The second kappa shape index (κ2) is 11.0. The standard InChI is InChI=1S/C28H33F4N5O/c29-20-6-8-21(9-7-20)34-27-25(26(33)18-3-1-4-18)24(15-22(17-38)35-27)36-13-10-23(11-14-36)37-12-2-5-19(16-37)28(30,31)32/h6-9,15,17-19,23,33H,1-5,10-14,16H2,(H,34,35). The van der Waals surface area contributed by atoms with E-state index in [9.17, 15) is 22.4 Å².